The molecule has 11 heteroatoms. The summed E-state index contributed by atoms with van der Waals surface area (Å²) in [5.41, 5.74) is 6.78. The number of benzene rings is 1. The van der Waals surface area contributed by atoms with Crippen molar-refractivity contribution in [2.24, 2.45) is 5.73 Å². The number of alkyl halides is 3. The Labute approximate surface area is 176 Å². The zero-order valence-electron chi connectivity index (χ0n) is 16.7. The number of carboxylic acid groups (broad SMARTS) is 1. The summed E-state index contributed by atoms with van der Waals surface area (Å²) in [6.45, 7) is 1.81. The Morgan fingerprint density at radius 1 is 1.23 bits per heavy atom. The van der Waals surface area contributed by atoms with Crippen molar-refractivity contribution in [3.05, 3.63) is 47.7 Å². The van der Waals surface area contributed by atoms with Crippen LogP contribution in [0.2, 0.25) is 0 Å². The predicted molar refractivity (Wildman–Crippen MR) is 104 cm³/mol. The van der Waals surface area contributed by atoms with Crippen molar-refractivity contribution < 1.29 is 37.4 Å². The highest BCUT2D eigenvalue weighted by Gasteiger charge is 2.46. The zero-order chi connectivity index (χ0) is 23.2. The molecule has 31 heavy (non-hydrogen) atoms. The molecule has 1 aromatic carbocycles. The van der Waals surface area contributed by atoms with E-state index in [0.717, 1.165) is 11.6 Å². The van der Waals surface area contributed by atoms with Gasteiger partial charge in [0.1, 0.15) is 0 Å². The highest BCUT2D eigenvalue weighted by Crippen LogP contribution is 2.21. The molecule has 0 saturated heterocycles. The number of aliphatic carboxylic acids is 1. The van der Waals surface area contributed by atoms with Gasteiger partial charge in [0, 0.05) is 6.04 Å². The van der Waals surface area contributed by atoms with Crippen LogP contribution in [0.4, 0.5) is 13.2 Å². The molecule has 0 bridgehead atoms. The molecule has 1 unspecified atom stereocenters. The molecule has 5 N–H and O–H groups in total. The number of aryl methyl sites for hydroxylation is 1. The average molecular weight is 443 g/mol. The highest BCUT2D eigenvalue weighted by atomic mass is 19.4. The first-order chi connectivity index (χ1) is 14.5. The van der Waals surface area contributed by atoms with Gasteiger partial charge in [0.2, 0.25) is 5.76 Å². The van der Waals surface area contributed by atoms with Crippen LogP contribution in [0.1, 0.15) is 25.3 Å². The molecule has 2 amide bonds. The van der Waals surface area contributed by atoms with Gasteiger partial charge >= 0.3 is 18.1 Å². The van der Waals surface area contributed by atoms with Crippen molar-refractivity contribution >= 4 is 17.8 Å². The summed E-state index contributed by atoms with van der Waals surface area (Å²) in [4.78, 5) is 35.4. The number of carbonyl (C=O) groups is 3. The van der Waals surface area contributed by atoms with E-state index in [1.165, 1.54) is 0 Å². The van der Waals surface area contributed by atoms with E-state index in [2.05, 4.69) is 5.32 Å². The van der Waals surface area contributed by atoms with Gasteiger partial charge in [-0.15, -0.1) is 0 Å². The molecule has 0 fully saturated rings. The monoisotopic (exact) mass is 443 g/mol. The summed E-state index contributed by atoms with van der Waals surface area (Å²) >= 11 is 0. The number of hydrogen-bond donors (Lipinski definition) is 4. The van der Waals surface area contributed by atoms with Crippen LogP contribution in [0.15, 0.2) is 42.2 Å². The number of ether oxygens (including phenoxy) is 1. The first-order valence-electron chi connectivity index (χ1n) is 9.62. The lowest BCUT2D eigenvalue weighted by Gasteiger charge is -2.35. The van der Waals surface area contributed by atoms with Crippen LogP contribution in [-0.2, 0) is 25.5 Å². The number of amides is 2. The Morgan fingerprint density at radius 3 is 2.42 bits per heavy atom. The first-order valence-corrected chi connectivity index (χ1v) is 9.62. The standard InChI is InChI=1S/C20H24F3N3O5/c1-2-12(9-8-11-6-4-3-5-7-11)25-17(27)16-15(26-19(30)20(21,22)23)13(24)10-14(31-16)18(28)29/h3-7,10,12-13,15-16H,2,8-9,24H2,1H3,(H,25,27)(H,26,30)(H,28,29)/t12?,13-,15+,16+/m0/s1. The summed E-state index contributed by atoms with van der Waals surface area (Å²) in [5.74, 6) is -5.39. The van der Waals surface area contributed by atoms with Crippen molar-refractivity contribution in [3.8, 4) is 0 Å². The molecule has 1 aliphatic rings. The molecule has 0 radical (unpaired) electrons. The molecule has 170 valence electrons. The van der Waals surface area contributed by atoms with Gasteiger partial charge in [-0.3, -0.25) is 9.59 Å². The number of hydrogen-bond acceptors (Lipinski definition) is 5. The Bertz CT molecular complexity index is 829. The fourth-order valence-electron chi connectivity index (χ4n) is 3.12. The number of nitrogens with two attached hydrogens (primary N) is 1. The molecule has 1 aliphatic heterocycles. The summed E-state index contributed by atoms with van der Waals surface area (Å²) in [6.07, 6.45) is -4.42. The molecule has 1 heterocycles. The summed E-state index contributed by atoms with van der Waals surface area (Å²) in [6, 6.07) is 6.12. The molecular formula is C20H24F3N3O5. The van der Waals surface area contributed by atoms with Crippen LogP contribution >= 0.6 is 0 Å². The first kappa shape index (κ1) is 24.2. The largest absolute Gasteiger partial charge is 0.475 e. The van der Waals surface area contributed by atoms with Crippen molar-refractivity contribution in [1.29, 1.82) is 0 Å². The molecule has 0 aliphatic carbocycles. The van der Waals surface area contributed by atoms with Gasteiger partial charge in [0.25, 0.3) is 5.91 Å². The van der Waals surface area contributed by atoms with Gasteiger partial charge in [-0.25, -0.2) is 4.79 Å². The fraction of sp³-hybridized carbons (Fsp3) is 0.450. The van der Waals surface area contributed by atoms with E-state index in [9.17, 15) is 27.6 Å². The minimum atomic E-state index is -5.21. The molecular weight excluding hydrogens is 419 g/mol. The second kappa shape index (κ2) is 10.3. The lowest BCUT2D eigenvalue weighted by Crippen LogP contribution is -2.63. The second-order valence-corrected chi connectivity index (χ2v) is 7.09. The van der Waals surface area contributed by atoms with Crippen LogP contribution in [-0.4, -0.2) is 53.3 Å². The molecule has 0 spiro atoms. The molecule has 8 nitrogen and oxygen atoms in total. The number of halogens is 3. The molecule has 1 aromatic rings. The van der Waals surface area contributed by atoms with E-state index in [4.69, 9.17) is 15.6 Å². The van der Waals surface area contributed by atoms with Crippen LogP contribution in [0.5, 0.6) is 0 Å². The van der Waals surface area contributed by atoms with Crippen molar-refractivity contribution in [3.63, 3.8) is 0 Å². The van der Waals surface area contributed by atoms with Crippen molar-refractivity contribution in [2.75, 3.05) is 0 Å². The van der Waals surface area contributed by atoms with E-state index in [-0.39, 0.29) is 6.04 Å². The normalized spacial score (nSPS) is 22.0. The number of nitrogens with one attached hydrogen (secondary N) is 2. The topological polar surface area (TPSA) is 131 Å². The predicted octanol–water partition coefficient (Wildman–Crippen LogP) is 1.26. The minimum absolute atomic E-state index is 0.356. The van der Waals surface area contributed by atoms with E-state index in [1.807, 2.05) is 37.3 Å². The number of rotatable bonds is 8. The Kier molecular flexibility index (Phi) is 8.03. The third-order valence-electron chi connectivity index (χ3n) is 4.83. The summed E-state index contributed by atoms with van der Waals surface area (Å²) < 4.78 is 43.2. The van der Waals surface area contributed by atoms with Gasteiger partial charge in [-0.1, -0.05) is 37.3 Å². The van der Waals surface area contributed by atoms with Crippen LogP contribution in [0.25, 0.3) is 0 Å². The number of carbonyl (C=O) groups excluding carboxylic acids is 2. The van der Waals surface area contributed by atoms with Crippen molar-refractivity contribution in [2.45, 2.75) is 56.6 Å². The van der Waals surface area contributed by atoms with Gasteiger partial charge < -0.3 is 26.2 Å². The quantitative estimate of drug-likeness (QED) is 0.479. The molecule has 0 saturated carbocycles. The maximum absolute atomic E-state index is 12.8. The van der Waals surface area contributed by atoms with Gasteiger partial charge in [0.05, 0.1) is 12.1 Å². The van der Waals surface area contributed by atoms with E-state index in [1.54, 1.807) is 5.32 Å². The van der Waals surface area contributed by atoms with E-state index < -0.39 is 47.9 Å². The maximum atomic E-state index is 12.8. The Balaban J connectivity index is 2.14. The van der Waals surface area contributed by atoms with Crippen LogP contribution < -0.4 is 16.4 Å². The number of carboxylic acids is 1. The maximum Gasteiger partial charge on any atom is 0.471 e. The second-order valence-electron chi connectivity index (χ2n) is 7.09. The molecule has 4 atom stereocenters. The molecule has 0 aromatic heterocycles. The molecule has 2 rings (SSSR count). The lowest BCUT2D eigenvalue weighted by atomic mass is 9.97. The summed E-state index contributed by atoms with van der Waals surface area (Å²) in [5, 5.41) is 13.4. The van der Waals surface area contributed by atoms with E-state index >= 15 is 0 Å². The minimum Gasteiger partial charge on any atom is -0.475 e. The Morgan fingerprint density at radius 2 is 1.87 bits per heavy atom. The van der Waals surface area contributed by atoms with Gasteiger partial charge in [-0.2, -0.15) is 13.2 Å². The SMILES string of the molecule is CCC(CCc1ccccc1)NC(=O)[C@@H]1OC(C(=O)O)=C[C@H](N)[C@H]1NC(=O)C(F)(F)F. The van der Waals surface area contributed by atoms with E-state index in [0.29, 0.717) is 19.3 Å². The van der Waals surface area contributed by atoms with Gasteiger partial charge in [-0.05, 0) is 30.9 Å². The smallest absolute Gasteiger partial charge is 0.471 e. The fourth-order valence-corrected chi connectivity index (χ4v) is 3.12. The van der Waals surface area contributed by atoms with Crippen molar-refractivity contribution in [1.82, 2.24) is 10.6 Å². The summed E-state index contributed by atoms with van der Waals surface area (Å²) in [7, 11) is 0. The average Bonchev–Trinajstić information content (AvgIpc) is 2.71. The zero-order valence-corrected chi connectivity index (χ0v) is 16.7. The van der Waals surface area contributed by atoms with Crippen LogP contribution in [0.3, 0.4) is 0 Å². The highest BCUT2D eigenvalue weighted by molar-refractivity contribution is 5.89. The lowest BCUT2D eigenvalue weighted by molar-refractivity contribution is -0.175. The Hall–Kier alpha value is -3.08. The third-order valence-corrected chi connectivity index (χ3v) is 4.83. The third kappa shape index (κ3) is 6.71. The van der Waals surface area contributed by atoms with Gasteiger partial charge in [0.15, 0.2) is 6.10 Å². The van der Waals surface area contributed by atoms with Crippen LogP contribution in [0, 0.1) is 0 Å².